The minimum atomic E-state index is 0.438. The molecule has 12 heavy (non-hydrogen) atoms. The minimum Gasteiger partial charge on any atom is -0.398 e. The van der Waals surface area contributed by atoms with Crippen LogP contribution in [0.15, 0.2) is 28.7 Å². The van der Waals surface area contributed by atoms with E-state index in [1.807, 2.05) is 6.92 Å². The molecule has 0 bridgehead atoms. The summed E-state index contributed by atoms with van der Waals surface area (Å²) in [5.74, 6) is 1.12. The number of rotatable bonds is 0. The van der Waals surface area contributed by atoms with Crippen LogP contribution in [0.2, 0.25) is 0 Å². The average molecular weight is 165 g/mol. The highest BCUT2D eigenvalue weighted by Crippen LogP contribution is 2.12. The van der Waals surface area contributed by atoms with Crippen LogP contribution in [0, 0.1) is 5.92 Å². The summed E-state index contributed by atoms with van der Waals surface area (Å²) in [5, 5.41) is 3.10. The number of hydrogen-bond acceptors (Lipinski definition) is 3. The first kappa shape index (κ1) is 8.84. The molecule has 0 amide bonds. The van der Waals surface area contributed by atoms with E-state index in [-0.39, 0.29) is 0 Å². The maximum atomic E-state index is 5.76. The number of allylic oxidation sites excluding steroid dienone is 1. The van der Waals surface area contributed by atoms with Gasteiger partial charge >= 0.3 is 0 Å². The monoisotopic (exact) mass is 165 g/mol. The molecule has 0 saturated carbocycles. The van der Waals surface area contributed by atoms with E-state index in [0.29, 0.717) is 11.7 Å². The van der Waals surface area contributed by atoms with Gasteiger partial charge in [-0.25, -0.2) is 4.99 Å². The fourth-order valence-electron chi connectivity index (χ4n) is 1.00. The molecule has 0 spiro atoms. The minimum absolute atomic E-state index is 0.438. The van der Waals surface area contributed by atoms with Crippen LogP contribution in [0.4, 0.5) is 0 Å². The van der Waals surface area contributed by atoms with Crippen molar-refractivity contribution in [2.45, 2.75) is 13.8 Å². The molecular formula is C9H15N3. The lowest BCUT2D eigenvalue weighted by Crippen LogP contribution is -2.24. The molecule has 1 atom stereocenters. The SMILES string of the molecule is C=C1N=CC(N)=C(C)C(C)CN1. The van der Waals surface area contributed by atoms with Gasteiger partial charge in [-0.3, -0.25) is 0 Å². The Hall–Kier alpha value is -1.25. The Morgan fingerprint density at radius 3 is 3.08 bits per heavy atom. The summed E-state index contributed by atoms with van der Waals surface area (Å²) in [6.45, 7) is 8.73. The van der Waals surface area contributed by atoms with Crippen molar-refractivity contribution in [1.29, 1.82) is 0 Å². The van der Waals surface area contributed by atoms with Crippen molar-refractivity contribution in [3.63, 3.8) is 0 Å². The van der Waals surface area contributed by atoms with E-state index < -0.39 is 0 Å². The fraction of sp³-hybridized carbons (Fsp3) is 0.444. The Morgan fingerprint density at radius 1 is 1.75 bits per heavy atom. The zero-order valence-electron chi connectivity index (χ0n) is 7.59. The summed E-state index contributed by atoms with van der Waals surface area (Å²) >= 11 is 0. The summed E-state index contributed by atoms with van der Waals surface area (Å²) in [6.07, 6.45) is 1.65. The molecule has 3 heteroatoms. The van der Waals surface area contributed by atoms with Crippen LogP contribution < -0.4 is 11.1 Å². The topological polar surface area (TPSA) is 50.4 Å². The predicted octanol–water partition coefficient (Wildman–Crippen LogP) is 1.00. The van der Waals surface area contributed by atoms with Crippen LogP contribution in [0.1, 0.15) is 13.8 Å². The van der Waals surface area contributed by atoms with E-state index in [1.165, 1.54) is 5.57 Å². The van der Waals surface area contributed by atoms with Crippen LogP contribution in [-0.2, 0) is 0 Å². The molecule has 1 heterocycles. The summed E-state index contributed by atoms with van der Waals surface area (Å²) in [6, 6.07) is 0. The molecule has 1 rings (SSSR count). The predicted molar refractivity (Wildman–Crippen MR) is 51.7 cm³/mol. The average Bonchev–Trinajstić information content (AvgIpc) is 2.07. The second-order valence-electron chi connectivity index (χ2n) is 3.13. The second kappa shape index (κ2) is 3.43. The lowest BCUT2D eigenvalue weighted by Gasteiger charge is -2.17. The molecule has 0 fully saturated rings. The van der Waals surface area contributed by atoms with Gasteiger partial charge in [-0.1, -0.05) is 13.5 Å². The standard InChI is InChI=1S/C9H15N3/c1-6-4-11-8(3)12-5-9(10)7(6)2/h5-6,11H,3-4,10H2,1-2H3. The van der Waals surface area contributed by atoms with E-state index in [2.05, 4.69) is 23.8 Å². The van der Waals surface area contributed by atoms with E-state index in [9.17, 15) is 0 Å². The van der Waals surface area contributed by atoms with Gasteiger partial charge in [-0.05, 0) is 18.4 Å². The van der Waals surface area contributed by atoms with Crippen LogP contribution in [0.25, 0.3) is 0 Å². The molecule has 3 nitrogen and oxygen atoms in total. The first-order chi connectivity index (χ1) is 5.61. The highest BCUT2D eigenvalue weighted by molar-refractivity contribution is 5.79. The number of nitrogens with zero attached hydrogens (tertiary/aromatic N) is 1. The maximum absolute atomic E-state index is 5.76. The molecule has 1 aliphatic rings. The first-order valence-corrected chi connectivity index (χ1v) is 4.04. The van der Waals surface area contributed by atoms with Crippen LogP contribution >= 0.6 is 0 Å². The molecular weight excluding hydrogens is 150 g/mol. The van der Waals surface area contributed by atoms with Crippen molar-refractivity contribution in [2.75, 3.05) is 6.54 Å². The van der Waals surface area contributed by atoms with Gasteiger partial charge in [-0.15, -0.1) is 0 Å². The number of nitrogens with two attached hydrogens (primary N) is 1. The van der Waals surface area contributed by atoms with Crippen molar-refractivity contribution in [3.05, 3.63) is 23.7 Å². The first-order valence-electron chi connectivity index (χ1n) is 4.04. The molecule has 0 radical (unpaired) electrons. The third kappa shape index (κ3) is 1.87. The van der Waals surface area contributed by atoms with Gasteiger partial charge in [0.15, 0.2) is 0 Å². The summed E-state index contributed by atoms with van der Waals surface area (Å²) in [4.78, 5) is 4.04. The summed E-state index contributed by atoms with van der Waals surface area (Å²) < 4.78 is 0. The molecule has 0 saturated heterocycles. The highest BCUT2D eigenvalue weighted by Gasteiger charge is 2.09. The second-order valence-corrected chi connectivity index (χ2v) is 3.13. The summed E-state index contributed by atoms with van der Waals surface area (Å²) in [5.41, 5.74) is 7.70. The maximum Gasteiger partial charge on any atom is 0.118 e. The number of nitrogens with one attached hydrogen (secondary N) is 1. The van der Waals surface area contributed by atoms with Crippen LogP contribution in [0.3, 0.4) is 0 Å². The zero-order valence-corrected chi connectivity index (χ0v) is 7.59. The van der Waals surface area contributed by atoms with Gasteiger partial charge in [-0.2, -0.15) is 0 Å². The molecule has 0 aromatic carbocycles. The van der Waals surface area contributed by atoms with Gasteiger partial charge in [0.05, 0.1) is 6.21 Å². The lowest BCUT2D eigenvalue weighted by atomic mass is 10.0. The van der Waals surface area contributed by atoms with Crippen LogP contribution in [0.5, 0.6) is 0 Å². The molecule has 1 unspecified atom stereocenters. The van der Waals surface area contributed by atoms with Gasteiger partial charge < -0.3 is 11.1 Å². The Kier molecular flexibility index (Phi) is 2.53. The van der Waals surface area contributed by atoms with Gasteiger partial charge in [0.1, 0.15) is 5.82 Å². The molecule has 0 aromatic heterocycles. The van der Waals surface area contributed by atoms with Crippen molar-refractivity contribution in [1.82, 2.24) is 5.32 Å². The third-order valence-electron chi connectivity index (χ3n) is 2.17. The molecule has 66 valence electrons. The van der Waals surface area contributed by atoms with Gasteiger partial charge in [0.2, 0.25) is 0 Å². The number of hydrogen-bond donors (Lipinski definition) is 2. The highest BCUT2D eigenvalue weighted by atomic mass is 15.0. The smallest absolute Gasteiger partial charge is 0.118 e. The van der Waals surface area contributed by atoms with E-state index in [0.717, 1.165) is 12.2 Å². The molecule has 0 aromatic rings. The Labute approximate surface area is 73.1 Å². The van der Waals surface area contributed by atoms with Crippen molar-refractivity contribution in [3.8, 4) is 0 Å². The zero-order chi connectivity index (χ0) is 9.14. The quantitative estimate of drug-likeness (QED) is 0.562. The van der Waals surface area contributed by atoms with Crippen molar-refractivity contribution in [2.24, 2.45) is 16.6 Å². The molecule has 1 aliphatic heterocycles. The molecule has 0 aliphatic carbocycles. The third-order valence-corrected chi connectivity index (χ3v) is 2.17. The Bertz CT molecular complexity index is 250. The normalized spacial score (nSPS) is 24.8. The summed E-state index contributed by atoms with van der Waals surface area (Å²) in [7, 11) is 0. The van der Waals surface area contributed by atoms with E-state index >= 15 is 0 Å². The lowest BCUT2D eigenvalue weighted by molar-refractivity contribution is 0.612. The van der Waals surface area contributed by atoms with Crippen molar-refractivity contribution < 1.29 is 0 Å². The van der Waals surface area contributed by atoms with E-state index in [4.69, 9.17) is 5.73 Å². The van der Waals surface area contributed by atoms with Gasteiger partial charge in [0.25, 0.3) is 0 Å². The molecule has 3 N–H and O–H groups in total. The Morgan fingerprint density at radius 2 is 2.42 bits per heavy atom. The largest absolute Gasteiger partial charge is 0.398 e. The number of aliphatic imine (C=N–C) groups is 1. The van der Waals surface area contributed by atoms with Gasteiger partial charge in [0, 0.05) is 12.2 Å². The van der Waals surface area contributed by atoms with Crippen molar-refractivity contribution >= 4 is 6.21 Å². The van der Waals surface area contributed by atoms with E-state index in [1.54, 1.807) is 6.21 Å². The van der Waals surface area contributed by atoms with Crippen LogP contribution in [-0.4, -0.2) is 12.8 Å². The fourth-order valence-corrected chi connectivity index (χ4v) is 1.00. The Balaban J connectivity index is 2.92.